The number of hydrogen-bond donors (Lipinski definition) is 4. The van der Waals surface area contributed by atoms with Crippen molar-refractivity contribution >= 4 is 5.97 Å². The number of hydrogen-bond acceptors (Lipinski definition) is 4. The van der Waals surface area contributed by atoms with Crippen molar-refractivity contribution in [2.45, 2.75) is 18.1 Å². The number of piperidine rings is 1. The lowest BCUT2D eigenvalue weighted by Crippen LogP contribution is -2.60. The van der Waals surface area contributed by atoms with Crippen LogP contribution in [0.4, 0.5) is 0 Å². The molecule has 0 aromatic carbocycles. The molecule has 1 fully saturated rings. The van der Waals surface area contributed by atoms with Gasteiger partial charge < -0.3 is 20.6 Å². The Balaban J connectivity index is 2.72. The third kappa shape index (κ3) is 1.35. The van der Waals surface area contributed by atoms with Crippen LogP contribution in [0.2, 0.25) is 0 Å². The zero-order chi connectivity index (χ0) is 8.48. The average molecular weight is 161 g/mol. The van der Waals surface area contributed by atoms with Crippen LogP contribution in [0, 0.1) is 0 Å². The lowest BCUT2D eigenvalue weighted by atomic mass is 9.91. The molecule has 5 heteroatoms. The Morgan fingerprint density at radius 2 is 2.27 bits per heavy atom. The van der Waals surface area contributed by atoms with Crippen LogP contribution in [0.1, 0.15) is 6.42 Å². The SMILES string of the molecule is O=C(O)[C@@]1(O)CNCC[C@@H]1O. The van der Waals surface area contributed by atoms with Crippen molar-refractivity contribution < 1.29 is 20.1 Å². The van der Waals surface area contributed by atoms with Crippen LogP contribution >= 0.6 is 0 Å². The molecular formula is C6H11NO4. The van der Waals surface area contributed by atoms with E-state index in [-0.39, 0.29) is 13.0 Å². The van der Waals surface area contributed by atoms with Crippen LogP contribution in [0.5, 0.6) is 0 Å². The molecule has 0 aromatic heterocycles. The largest absolute Gasteiger partial charge is 0.479 e. The van der Waals surface area contributed by atoms with Gasteiger partial charge in [0.2, 0.25) is 0 Å². The summed E-state index contributed by atoms with van der Waals surface area (Å²) in [5.74, 6) is -1.38. The second kappa shape index (κ2) is 2.77. The van der Waals surface area contributed by atoms with Gasteiger partial charge in [-0.1, -0.05) is 0 Å². The maximum Gasteiger partial charge on any atom is 0.339 e. The minimum atomic E-state index is -2.00. The zero-order valence-corrected chi connectivity index (χ0v) is 5.95. The molecule has 1 aliphatic rings. The fourth-order valence-electron chi connectivity index (χ4n) is 1.09. The molecule has 0 unspecified atom stereocenters. The van der Waals surface area contributed by atoms with Crippen molar-refractivity contribution in [2.75, 3.05) is 13.1 Å². The lowest BCUT2D eigenvalue weighted by molar-refractivity contribution is -0.174. The van der Waals surface area contributed by atoms with Crippen LogP contribution in [0.15, 0.2) is 0 Å². The molecule has 1 aliphatic heterocycles. The summed E-state index contributed by atoms with van der Waals surface area (Å²) in [6.07, 6.45) is -0.899. The highest BCUT2D eigenvalue weighted by atomic mass is 16.4. The highest BCUT2D eigenvalue weighted by Crippen LogP contribution is 2.16. The second-order valence-electron chi connectivity index (χ2n) is 2.71. The third-order valence-corrected chi connectivity index (χ3v) is 1.91. The summed E-state index contributed by atoms with van der Waals surface area (Å²) in [5, 5.41) is 29.6. The summed E-state index contributed by atoms with van der Waals surface area (Å²) in [6.45, 7) is 0.445. The number of rotatable bonds is 1. The first-order chi connectivity index (χ1) is 5.07. The molecule has 2 atom stereocenters. The summed E-state index contributed by atoms with van der Waals surface area (Å²) in [7, 11) is 0. The van der Waals surface area contributed by atoms with Gasteiger partial charge in [-0.05, 0) is 13.0 Å². The van der Waals surface area contributed by atoms with E-state index in [2.05, 4.69) is 5.32 Å². The number of aliphatic carboxylic acids is 1. The van der Waals surface area contributed by atoms with Crippen molar-refractivity contribution in [3.63, 3.8) is 0 Å². The highest BCUT2D eigenvalue weighted by Gasteiger charge is 2.45. The van der Waals surface area contributed by atoms with Crippen LogP contribution in [0.25, 0.3) is 0 Å². The fraction of sp³-hybridized carbons (Fsp3) is 0.833. The fourth-order valence-corrected chi connectivity index (χ4v) is 1.09. The first-order valence-electron chi connectivity index (χ1n) is 3.42. The molecule has 5 nitrogen and oxygen atoms in total. The number of carbonyl (C=O) groups is 1. The van der Waals surface area contributed by atoms with Gasteiger partial charge in [0.25, 0.3) is 0 Å². The van der Waals surface area contributed by atoms with E-state index < -0.39 is 17.7 Å². The van der Waals surface area contributed by atoms with Gasteiger partial charge in [-0.15, -0.1) is 0 Å². The smallest absolute Gasteiger partial charge is 0.339 e. The molecule has 1 heterocycles. The summed E-state index contributed by atoms with van der Waals surface area (Å²) >= 11 is 0. The molecular weight excluding hydrogens is 150 g/mol. The van der Waals surface area contributed by atoms with Gasteiger partial charge in [-0.3, -0.25) is 0 Å². The van der Waals surface area contributed by atoms with Gasteiger partial charge >= 0.3 is 5.97 Å². The predicted molar refractivity (Wildman–Crippen MR) is 36.1 cm³/mol. The molecule has 0 spiro atoms. The summed E-state index contributed by atoms with van der Waals surface area (Å²) in [4.78, 5) is 10.4. The molecule has 64 valence electrons. The van der Waals surface area contributed by atoms with E-state index >= 15 is 0 Å². The molecule has 0 aromatic rings. The van der Waals surface area contributed by atoms with Gasteiger partial charge in [0, 0.05) is 6.54 Å². The Labute approximate surface area is 63.7 Å². The van der Waals surface area contributed by atoms with E-state index in [4.69, 9.17) is 10.2 Å². The molecule has 1 rings (SSSR count). The van der Waals surface area contributed by atoms with Crippen LogP contribution in [-0.4, -0.2) is 46.1 Å². The Morgan fingerprint density at radius 1 is 1.64 bits per heavy atom. The molecule has 0 saturated carbocycles. The molecule has 0 amide bonds. The van der Waals surface area contributed by atoms with Crippen LogP contribution in [-0.2, 0) is 4.79 Å². The van der Waals surface area contributed by atoms with E-state index in [1.807, 2.05) is 0 Å². The topological polar surface area (TPSA) is 89.8 Å². The van der Waals surface area contributed by atoms with Crippen molar-refractivity contribution in [3.8, 4) is 0 Å². The Kier molecular flexibility index (Phi) is 2.12. The van der Waals surface area contributed by atoms with Crippen molar-refractivity contribution in [3.05, 3.63) is 0 Å². The summed E-state index contributed by atoms with van der Waals surface area (Å²) in [6, 6.07) is 0. The molecule has 4 N–H and O–H groups in total. The number of aliphatic hydroxyl groups is 2. The second-order valence-corrected chi connectivity index (χ2v) is 2.71. The summed E-state index contributed by atoms with van der Waals surface area (Å²) < 4.78 is 0. The zero-order valence-electron chi connectivity index (χ0n) is 5.95. The van der Waals surface area contributed by atoms with Crippen LogP contribution in [0.3, 0.4) is 0 Å². The minimum absolute atomic E-state index is 0.0938. The van der Waals surface area contributed by atoms with Gasteiger partial charge in [-0.2, -0.15) is 0 Å². The van der Waals surface area contributed by atoms with E-state index in [0.717, 1.165) is 0 Å². The number of carboxylic acid groups (broad SMARTS) is 1. The quantitative estimate of drug-likeness (QED) is 0.363. The first-order valence-corrected chi connectivity index (χ1v) is 3.42. The standard InChI is InChI=1S/C6H11NO4/c8-4-1-2-7-3-6(4,11)5(9)10/h4,7-8,11H,1-3H2,(H,9,10)/t4-,6+/m0/s1. The maximum atomic E-state index is 10.4. The Morgan fingerprint density at radius 3 is 2.64 bits per heavy atom. The summed E-state index contributed by atoms with van der Waals surface area (Å²) in [5.41, 5.74) is -2.00. The van der Waals surface area contributed by atoms with E-state index in [0.29, 0.717) is 6.54 Å². The van der Waals surface area contributed by atoms with Gasteiger partial charge in [0.05, 0.1) is 6.10 Å². The minimum Gasteiger partial charge on any atom is -0.479 e. The van der Waals surface area contributed by atoms with Crippen molar-refractivity contribution in [1.29, 1.82) is 0 Å². The van der Waals surface area contributed by atoms with E-state index in [9.17, 15) is 9.90 Å². The predicted octanol–water partition coefficient (Wildman–Crippen LogP) is -1.84. The highest BCUT2D eigenvalue weighted by molar-refractivity contribution is 5.78. The maximum absolute atomic E-state index is 10.4. The monoisotopic (exact) mass is 161 g/mol. The van der Waals surface area contributed by atoms with E-state index in [1.54, 1.807) is 0 Å². The molecule has 1 saturated heterocycles. The first kappa shape index (κ1) is 8.45. The third-order valence-electron chi connectivity index (χ3n) is 1.91. The molecule has 0 aliphatic carbocycles. The van der Waals surface area contributed by atoms with Crippen LogP contribution < -0.4 is 5.32 Å². The van der Waals surface area contributed by atoms with Gasteiger partial charge in [0.15, 0.2) is 5.60 Å². The molecule has 0 bridgehead atoms. The number of carboxylic acids is 1. The Hall–Kier alpha value is -0.650. The van der Waals surface area contributed by atoms with Gasteiger partial charge in [-0.25, -0.2) is 4.79 Å². The van der Waals surface area contributed by atoms with Gasteiger partial charge in [0.1, 0.15) is 0 Å². The molecule has 0 radical (unpaired) electrons. The average Bonchev–Trinajstić information content (AvgIpc) is 1.95. The number of aliphatic hydroxyl groups excluding tert-OH is 1. The van der Waals surface area contributed by atoms with Crippen molar-refractivity contribution in [1.82, 2.24) is 5.32 Å². The normalized spacial score (nSPS) is 38.5. The van der Waals surface area contributed by atoms with Crippen molar-refractivity contribution in [2.24, 2.45) is 0 Å². The lowest BCUT2D eigenvalue weighted by Gasteiger charge is -2.33. The molecule has 11 heavy (non-hydrogen) atoms. The Bertz CT molecular complexity index is 172. The number of β-amino-alcohol motifs (C(OH)–C–C–N with tert-alkyl or cyclic N) is 1. The van der Waals surface area contributed by atoms with E-state index in [1.165, 1.54) is 0 Å². The number of nitrogens with one attached hydrogen (secondary N) is 1.